The van der Waals surface area contributed by atoms with Gasteiger partial charge in [-0.3, -0.25) is 0 Å². The first kappa shape index (κ1) is 13.7. The molecule has 0 aromatic heterocycles. The lowest BCUT2D eigenvalue weighted by Gasteiger charge is -2.07. The number of rotatable bonds is 3. The monoisotopic (exact) mass is 210 g/mol. The van der Waals surface area contributed by atoms with Gasteiger partial charge in [0.1, 0.15) is 0 Å². The SMILES string of the molecule is CCP(CC)CC.Cc1ccccc1. The molecule has 1 heteroatoms. The van der Waals surface area contributed by atoms with E-state index in [-0.39, 0.29) is 0 Å². The third kappa shape index (κ3) is 7.09. The maximum Gasteiger partial charge on any atom is -0.0355 e. The van der Waals surface area contributed by atoms with Crippen LogP contribution in [0.2, 0.25) is 0 Å². The van der Waals surface area contributed by atoms with Crippen LogP contribution in [0.4, 0.5) is 0 Å². The van der Waals surface area contributed by atoms with Crippen molar-refractivity contribution in [2.45, 2.75) is 27.7 Å². The Kier molecular flexibility index (Phi) is 8.98. The van der Waals surface area contributed by atoms with Crippen LogP contribution in [0.25, 0.3) is 0 Å². The maximum atomic E-state index is 2.29. The Hall–Kier alpha value is -0.350. The summed E-state index contributed by atoms with van der Waals surface area (Å²) >= 11 is 0. The van der Waals surface area contributed by atoms with Crippen molar-refractivity contribution in [1.29, 1.82) is 0 Å². The molecule has 0 aliphatic carbocycles. The summed E-state index contributed by atoms with van der Waals surface area (Å²) in [6.07, 6.45) is 4.26. The smallest absolute Gasteiger partial charge is 0.0355 e. The van der Waals surface area contributed by atoms with Gasteiger partial charge in [0.15, 0.2) is 0 Å². The third-order valence-electron chi connectivity index (χ3n) is 2.28. The molecule has 14 heavy (non-hydrogen) atoms. The van der Waals surface area contributed by atoms with Gasteiger partial charge in [0.25, 0.3) is 0 Å². The van der Waals surface area contributed by atoms with Gasteiger partial charge < -0.3 is 0 Å². The first-order chi connectivity index (χ1) is 6.74. The second kappa shape index (κ2) is 9.21. The largest absolute Gasteiger partial charge is 0.108 e. The highest BCUT2D eigenvalue weighted by atomic mass is 31.1. The van der Waals surface area contributed by atoms with Crippen LogP contribution in [-0.4, -0.2) is 18.5 Å². The van der Waals surface area contributed by atoms with Crippen molar-refractivity contribution in [2.75, 3.05) is 18.5 Å². The van der Waals surface area contributed by atoms with Gasteiger partial charge in [0.05, 0.1) is 0 Å². The van der Waals surface area contributed by atoms with Gasteiger partial charge in [0.2, 0.25) is 0 Å². The average Bonchev–Trinajstić information content (AvgIpc) is 2.22. The average molecular weight is 210 g/mol. The van der Waals surface area contributed by atoms with Crippen molar-refractivity contribution in [1.82, 2.24) is 0 Å². The Morgan fingerprint density at radius 1 is 0.857 bits per heavy atom. The molecule has 1 aromatic carbocycles. The predicted octanol–water partition coefficient (Wildman–Crippen LogP) is 4.52. The summed E-state index contributed by atoms with van der Waals surface area (Å²) in [6, 6.07) is 10.3. The zero-order chi connectivity index (χ0) is 10.8. The van der Waals surface area contributed by atoms with Crippen LogP contribution in [0, 0.1) is 6.92 Å². The molecule has 0 atom stereocenters. The normalized spacial score (nSPS) is 9.50. The van der Waals surface area contributed by atoms with Gasteiger partial charge >= 0.3 is 0 Å². The summed E-state index contributed by atoms with van der Waals surface area (Å²) in [5, 5.41) is 0. The molecular formula is C13H23P. The van der Waals surface area contributed by atoms with Gasteiger partial charge in [-0.05, 0) is 25.4 Å². The molecule has 0 aliphatic heterocycles. The topological polar surface area (TPSA) is 0 Å². The van der Waals surface area contributed by atoms with Crippen molar-refractivity contribution in [3.8, 4) is 0 Å². The van der Waals surface area contributed by atoms with E-state index in [9.17, 15) is 0 Å². The minimum absolute atomic E-state index is 0.446. The summed E-state index contributed by atoms with van der Waals surface area (Å²) < 4.78 is 0. The predicted molar refractivity (Wildman–Crippen MR) is 69.7 cm³/mol. The van der Waals surface area contributed by atoms with Crippen LogP contribution < -0.4 is 0 Å². The van der Waals surface area contributed by atoms with E-state index in [0.717, 1.165) is 0 Å². The second-order valence-electron chi connectivity index (χ2n) is 3.27. The fraction of sp³-hybridized carbons (Fsp3) is 0.538. The van der Waals surface area contributed by atoms with Gasteiger partial charge in [-0.1, -0.05) is 56.7 Å². The summed E-state index contributed by atoms with van der Waals surface area (Å²) in [7, 11) is 0.446. The minimum atomic E-state index is 0.446. The fourth-order valence-corrected chi connectivity index (χ4v) is 2.55. The highest BCUT2D eigenvalue weighted by Crippen LogP contribution is 2.32. The van der Waals surface area contributed by atoms with Crippen LogP contribution in [0.5, 0.6) is 0 Å². The lowest BCUT2D eigenvalue weighted by Crippen LogP contribution is -1.83. The molecule has 0 bridgehead atoms. The lowest BCUT2D eigenvalue weighted by atomic mass is 10.2. The summed E-state index contributed by atoms with van der Waals surface area (Å²) in [5.74, 6) is 0. The number of hydrogen-bond acceptors (Lipinski definition) is 0. The molecule has 0 heterocycles. The van der Waals surface area contributed by atoms with Crippen molar-refractivity contribution in [3.05, 3.63) is 35.9 Å². The number of aryl methyl sites for hydroxylation is 1. The van der Waals surface area contributed by atoms with Crippen LogP contribution in [-0.2, 0) is 0 Å². The first-order valence-corrected chi connectivity index (χ1v) is 7.38. The van der Waals surface area contributed by atoms with E-state index in [1.54, 1.807) is 0 Å². The summed E-state index contributed by atoms with van der Waals surface area (Å²) in [4.78, 5) is 0. The Morgan fingerprint density at radius 3 is 1.43 bits per heavy atom. The minimum Gasteiger partial charge on any atom is -0.108 e. The highest BCUT2D eigenvalue weighted by molar-refractivity contribution is 7.57. The molecule has 0 saturated carbocycles. The van der Waals surface area contributed by atoms with E-state index in [1.807, 2.05) is 18.2 Å². The third-order valence-corrected chi connectivity index (χ3v) is 4.97. The van der Waals surface area contributed by atoms with Crippen molar-refractivity contribution in [3.63, 3.8) is 0 Å². The molecule has 0 amide bonds. The lowest BCUT2D eigenvalue weighted by molar-refractivity contribution is 1.35. The van der Waals surface area contributed by atoms with Crippen LogP contribution >= 0.6 is 7.92 Å². The Balaban J connectivity index is 0.000000241. The standard InChI is InChI=1S/C7H8.C6H15P/c1-7-5-3-2-4-6-7;1-4-7(5-2)6-3/h2-6H,1H3;4-6H2,1-3H3. The first-order valence-electron chi connectivity index (χ1n) is 5.48. The molecule has 0 spiro atoms. The van der Waals surface area contributed by atoms with Gasteiger partial charge in [0, 0.05) is 0 Å². The molecule has 0 saturated heterocycles. The molecule has 1 aromatic rings. The Labute approximate surface area is 90.5 Å². The number of benzene rings is 1. The van der Waals surface area contributed by atoms with Crippen molar-refractivity contribution >= 4 is 7.92 Å². The molecule has 0 radical (unpaired) electrons. The van der Waals surface area contributed by atoms with Crippen LogP contribution in [0.3, 0.4) is 0 Å². The molecule has 0 aliphatic rings. The van der Waals surface area contributed by atoms with E-state index in [4.69, 9.17) is 0 Å². The molecular weight excluding hydrogens is 187 g/mol. The zero-order valence-corrected chi connectivity index (χ0v) is 10.8. The van der Waals surface area contributed by atoms with E-state index in [0.29, 0.717) is 7.92 Å². The van der Waals surface area contributed by atoms with E-state index < -0.39 is 0 Å². The van der Waals surface area contributed by atoms with E-state index in [2.05, 4.69) is 39.8 Å². The van der Waals surface area contributed by atoms with Gasteiger partial charge in [-0.2, -0.15) is 0 Å². The van der Waals surface area contributed by atoms with E-state index in [1.165, 1.54) is 24.0 Å². The Morgan fingerprint density at radius 2 is 1.29 bits per heavy atom. The zero-order valence-electron chi connectivity index (χ0n) is 9.96. The quantitative estimate of drug-likeness (QED) is 0.643. The molecule has 80 valence electrons. The number of hydrogen-bond donors (Lipinski definition) is 0. The molecule has 1 rings (SSSR count). The fourth-order valence-electron chi connectivity index (χ4n) is 1.21. The van der Waals surface area contributed by atoms with E-state index >= 15 is 0 Å². The second-order valence-corrected chi connectivity index (χ2v) is 6.51. The molecule has 0 nitrogen and oxygen atoms in total. The molecule has 0 unspecified atom stereocenters. The Bertz CT molecular complexity index is 196. The van der Waals surface area contributed by atoms with Gasteiger partial charge in [-0.15, -0.1) is 7.92 Å². The summed E-state index contributed by atoms with van der Waals surface area (Å²) in [5.41, 5.74) is 1.32. The highest BCUT2D eigenvalue weighted by Gasteiger charge is 1.94. The summed E-state index contributed by atoms with van der Waals surface area (Å²) in [6.45, 7) is 8.95. The van der Waals surface area contributed by atoms with Crippen molar-refractivity contribution < 1.29 is 0 Å². The van der Waals surface area contributed by atoms with Crippen molar-refractivity contribution in [2.24, 2.45) is 0 Å². The molecule has 0 N–H and O–H groups in total. The molecule has 0 fully saturated rings. The van der Waals surface area contributed by atoms with Crippen LogP contribution in [0.15, 0.2) is 30.3 Å². The maximum absolute atomic E-state index is 2.29. The van der Waals surface area contributed by atoms with Crippen LogP contribution in [0.1, 0.15) is 26.3 Å². The van der Waals surface area contributed by atoms with Gasteiger partial charge in [-0.25, -0.2) is 0 Å².